The maximum atomic E-state index is 14.2. The zero-order chi connectivity index (χ0) is 17.9. The zero-order valence-corrected chi connectivity index (χ0v) is 12.5. The number of hydrogen-bond donors (Lipinski definition) is 1. The van der Waals surface area contributed by atoms with Gasteiger partial charge in [0.05, 0.1) is 0 Å². The van der Waals surface area contributed by atoms with Gasteiger partial charge in [-0.1, -0.05) is 0 Å². The smallest absolute Gasteiger partial charge is 0.368 e. The van der Waals surface area contributed by atoms with Crippen molar-refractivity contribution < 1.29 is 29.9 Å². The number of hydrogen-bond acceptors (Lipinski definition) is 5. The van der Waals surface area contributed by atoms with Crippen molar-refractivity contribution in [1.82, 2.24) is 14.8 Å². The number of nitrogen functional groups attached to an aromatic ring is 1. The molecule has 0 amide bonds. The van der Waals surface area contributed by atoms with Crippen LogP contribution in [-0.2, 0) is 16.4 Å². The SMILES string of the molecule is Nc1nc(C(F)(F)F)nn1-c1cc(S(=O)(=O)F)c(C2CC2)cc1F. The number of halogens is 5. The molecule has 1 aromatic carbocycles. The fourth-order valence-corrected chi connectivity index (χ4v) is 3.03. The second-order valence-corrected chi connectivity index (χ2v) is 6.57. The lowest BCUT2D eigenvalue weighted by molar-refractivity contribution is -0.144. The van der Waals surface area contributed by atoms with E-state index in [1.54, 1.807) is 0 Å². The number of anilines is 1. The van der Waals surface area contributed by atoms with E-state index in [0.717, 1.165) is 6.07 Å². The lowest BCUT2D eigenvalue weighted by atomic mass is 10.1. The predicted molar refractivity (Wildman–Crippen MR) is 71.0 cm³/mol. The Morgan fingerprint density at radius 2 is 1.88 bits per heavy atom. The van der Waals surface area contributed by atoms with Crippen LogP contribution in [0.5, 0.6) is 0 Å². The number of nitrogens with two attached hydrogens (primary N) is 1. The lowest BCUT2D eigenvalue weighted by Crippen LogP contribution is -2.10. The first-order chi connectivity index (χ1) is 11.0. The summed E-state index contributed by atoms with van der Waals surface area (Å²) < 4.78 is 88.4. The summed E-state index contributed by atoms with van der Waals surface area (Å²) in [7, 11) is -5.21. The van der Waals surface area contributed by atoms with Crippen molar-refractivity contribution in [3.63, 3.8) is 0 Å². The molecule has 0 saturated heterocycles. The summed E-state index contributed by atoms with van der Waals surface area (Å²) in [6, 6.07) is 1.34. The normalized spacial score (nSPS) is 15.7. The average molecular weight is 368 g/mol. The van der Waals surface area contributed by atoms with E-state index < -0.39 is 44.6 Å². The van der Waals surface area contributed by atoms with Crippen LogP contribution in [0.4, 0.5) is 27.4 Å². The molecule has 2 aromatic rings. The molecule has 0 radical (unpaired) electrons. The van der Waals surface area contributed by atoms with Gasteiger partial charge in [-0.05, 0) is 36.5 Å². The lowest BCUT2D eigenvalue weighted by Gasteiger charge is -2.10. The van der Waals surface area contributed by atoms with E-state index in [1.165, 1.54) is 0 Å². The largest absolute Gasteiger partial charge is 0.453 e. The first-order valence-corrected chi connectivity index (χ1v) is 7.95. The zero-order valence-electron chi connectivity index (χ0n) is 11.7. The van der Waals surface area contributed by atoms with Crippen LogP contribution >= 0.6 is 0 Å². The van der Waals surface area contributed by atoms with Gasteiger partial charge in [0.1, 0.15) is 16.4 Å². The average Bonchev–Trinajstić information content (AvgIpc) is 3.19. The third-order valence-corrected chi connectivity index (χ3v) is 4.35. The van der Waals surface area contributed by atoms with Gasteiger partial charge in [-0.25, -0.2) is 4.39 Å². The molecule has 0 spiro atoms. The minimum absolute atomic E-state index is 0.0616. The minimum atomic E-state index is -5.21. The molecule has 0 aliphatic heterocycles. The van der Waals surface area contributed by atoms with Gasteiger partial charge < -0.3 is 5.73 Å². The highest BCUT2D eigenvalue weighted by Crippen LogP contribution is 2.44. The quantitative estimate of drug-likeness (QED) is 0.664. The predicted octanol–water partition coefficient (Wildman–Crippen LogP) is 2.54. The minimum Gasteiger partial charge on any atom is -0.368 e. The van der Waals surface area contributed by atoms with Crippen molar-refractivity contribution in [2.45, 2.75) is 29.8 Å². The summed E-state index contributed by atoms with van der Waals surface area (Å²) in [5.74, 6) is -3.85. The summed E-state index contributed by atoms with van der Waals surface area (Å²) in [5, 5.41) is 3.02. The Kier molecular flexibility index (Phi) is 3.55. The van der Waals surface area contributed by atoms with Crippen LogP contribution in [0.2, 0.25) is 0 Å². The molecule has 1 heterocycles. The molecule has 1 aliphatic carbocycles. The summed E-state index contributed by atoms with van der Waals surface area (Å²) in [6.07, 6.45) is -3.81. The van der Waals surface area contributed by atoms with E-state index in [2.05, 4.69) is 10.1 Å². The second kappa shape index (κ2) is 5.13. The van der Waals surface area contributed by atoms with E-state index >= 15 is 0 Å². The number of aromatic nitrogens is 3. The van der Waals surface area contributed by atoms with Crippen LogP contribution in [0.25, 0.3) is 5.69 Å². The Balaban J connectivity index is 2.21. The molecule has 24 heavy (non-hydrogen) atoms. The van der Waals surface area contributed by atoms with Gasteiger partial charge >= 0.3 is 16.4 Å². The number of benzene rings is 1. The van der Waals surface area contributed by atoms with Crippen LogP contribution in [0.1, 0.15) is 30.1 Å². The van der Waals surface area contributed by atoms with Crippen molar-refractivity contribution in [2.75, 3.05) is 5.73 Å². The maximum absolute atomic E-state index is 14.2. The van der Waals surface area contributed by atoms with Crippen molar-refractivity contribution in [3.8, 4) is 5.69 Å². The van der Waals surface area contributed by atoms with Gasteiger partial charge in [0.25, 0.3) is 5.82 Å². The molecule has 1 aliphatic rings. The Morgan fingerprint density at radius 3 is 2.33 bits per heavy atom. The molecule has 0 atom stereocenters. The number of alkyl halides is 3. The molecule has 6 nitrogen and oxygen atoms in total. The highest BCUT2D eigenvalue weighted by Gasteiger charge is 2.38. The van der Waals surface area contributed by atoms with E-state index in [0.29, 0.717) is 18.9 Å². The van der Waals surface area contributed by atoms with Crippen LogP contribution in [-0.4, -0.2) is 23.2 Å². The number of nitrogens with zero attached hydrogens (tertiary/aromatic N) is 3. The van der Waals surface area contributed by atoms with Crippen LogP contribution in [0.15, 0.2) is 17.0 Å². The van der Waals surface area contributed by atoms with Crippen molar-refractivity contribution in [1.29, 1.82) is 0 Å². The standard InChI is InChI=1S/C12H9F5N4O2S/c13-7-3-6(5-1-2-5)9(24(17,22)23)4-8(7)21-11(18)19-10(20-21)12(14,15)16/h3-5H,1-2H2,(H2,18,19,20). The van der Waals surface area contributed by atoms with E-state index in [-0.39, 0.29) is 16.2 Å². The highest BCUT2D eigenvalue weighted by molar-refractivity contribution is 7.86. The van der Waals surface area contributed by atoms with Crippen LogP contribution in [0.3, 0.4) is 0 Å². The van der Waals surface area contributed by atoms with Gasteiger partial charge in [-0.3, -0.25) is 0 Å². The summed E-state index contributed by atoms with van der Waals surface area (Å²) in [5.41, 5.74) is 4.49. The Hall–Kier alpha value is -2.24. The van der Waals surface area contributed by atoms with Gasteiger partial charge in [-0.15, -0.1) is 8.98 Å². The highest BCUT2D eigenvalue weighted by atomic mass is 32.3. The molecule has 1 fully saturated rings. The van der Waals surface area contributed by atoms with E-state index in [1.807, 2.05) is 0 Å². The summed E-state index contributed by atoms with van der Waals surface area (Å²) in [4.78, 5) is 2.14. The maximum Gasteiger partial charge on any atom is 0.453 e. The third kappa shape index (κ3) is 2.92. The first-order valence-electron chi connectivity index (χ1n) is 6.56. The van der Waals surface area contributed by atoms with Crippen molar-refractivity contribution >= 4 is 16.2 Å². The number of rotatable bonds is 3. The monoisotopic (exact) mass is 368 g/mol. The first kappa shape index (κ1) is 16.6. The molecule has 0 bridgehead atoms. The Bertz CT molecular complexity index is 918. The summed E-state index contributed by atoms with van der Waals surface area (Å²) >= 11 is 0. The molecule has 12 heteroatoms. The fraction of sp³-hybridized carbons (Fsp3) is 0.333. The van der Waals surface area contributed by atoms with Gasteiger partial charge in [0, 0.05) is 0 Å². The molecule has 3 rings (SSSR count). The Labute approximate surface area is 132 Å². The molecule has 2 N–H and O–H groups in total. The van der Waals surface area contributed by atoms with Crippen LogP contribution < -0.4 is 5.73 Å². The molecule has 0 unspecified atom stereocenters. The van der Waals surface area contributed by atoms with Crippen LogP contribution in [0, 0.1) is 5.82 Å². The topological polar surface area (TPSA) is 90.9 Å². The van der Waals surface area contributed by atoms with Gasteiger partial charge in [0.2, 0.25) is 5.95 Å². The molecule has 130 valence electrons. The summed E-state index contributed by atoms with van der Waals surface area (Å²) in [6.45, 7) is 0. The molecular weight excluding hydrogens is 359 g/mol. The molecular formula is C12H9F5N4O2S. The van der Waals surface area contributed by atoms with Crippen molar-refractivity contribution in [3.05, 3.63) is 29.3 Å². The van der Waals surface area contributed by atoms with E-state index in [4.69, 9.17) is 5.73 Å². The molecule has 1 saturated carbocycles. The van der Waals surface area contributed by atoms with Gasteiger partial charge in [-0.2, -0.15) is 31.3 Å². The molecule has 1 aromatic heterocycles. The third-order valence-electron chi connectivity index (χ3n) is 3.47. The Morgan fingerprint density at radius 1 is 1.25 bits per heavy atom. The van der Waals surface area contributed by atoms with E-state index in [9.17, 15) is 29.9 Å². The van der Waals surface area contributed by atoms with Gasteiger partial charge in [0.15, 0.2) is 0 Å². The van der Waals surface area contributed by atoms with Crippen molar-refractivity contribution in [2.24, 2.45) is 0 Å². The second-order valence-electron chi connectivity index (χ2n) is 5.26. The fourth-order valence-electron chi connectivity index (χ4n) is 2.27.